The number of aromatic nitrogens is 2. The summed E-state index contributed by atoms with van der Waals surface area (Å²) >= 11 is 0. The molecule has 0 aliphatic carbocycles. The van der Waals surface area contributed by atoms with Crippen LogP contribution in [0.4, 0.5) is 13.2 Å². The highest BCUT2D eigenvalue weighted by Crippen LogP contribution is 2.23. The van der Waals surface area contributed by atoms with Crippen molar-refractivity contribution in [2.24, 2.45) is 0 Å². The summed E-state index contributed by atoms with van der Waals surface area (Å²) < 4.78 is 66.2. The van der Waals surface area contributed by atoms with Crippen molar-refractivity contribution in [3.63, 3.8) is 0 Å². The fourth-order valence-corrected chi connectivity index (χ4v) is 2.87. The predicted molar refractivity (Wildman–Crippen MR) is 75.2 cm³/mol. The molecule has 0 spiro atoms. The second-order valence-corrected chi connectivity index (χ2v) is 6.32. The average molecular weight is 349 g/mol. The fourth-order valence-electron chi connectivity index (χ4n) is 1.80. The molecule has 0 saturated heterocycles. The molecule has 1 heterocycles. The average Bonchev–Trinajstić information content (AvgIpc) is 2.96. The third-order valence-corrected chi connectivity index (χ3v) is 4.28. The maximum atomic E-state index is 12.0. The molecule has 0 saturated carbocycles. The van der Waals surface area contributed by atoms with Crippen LogP contribution in [0, 0.1) is 0 Å². The van der Waals surface area contributed by atoms with E-state index >= 15 is 0 Å². The maximum Gasteiger partial charge on any atom is 0.573 e. The molecule has 0 bridgehead atoms. The van der Waals surface area contributed by atoms with E-state index in [1.807, 2.05) is 0 Å². The van der Waals surface area contributed by atoms with E-state index < -0.39 is 22.1 Å². The largest absolute Gasteiger partial charge is 0.573 e. The summed E-state index contributed by atoms with van der Waals surface area (Å²) in [5.41, 5.74) is 0. The lowest BCUT2D eigenvalue weighted by atomic mass is 10.3. The minimum absolute atomic E-state index is 0.134. The smallest absolute Gasteiger partial charge is 0.406 e. The van der Waals surface area contributed by atoms with Crippen molar-refractivity contribution in [2.45, 2.75) is 24.1 Å². The number of rotatable bonds is 7. The van der Waals surface area contributed by atoms with Crippen LogP contribution in [0.25, 0.3) is 0 Å². The molecule has 0 unspecified atom stereocenters. The molecule has 0 amide bonds. The summed E-state index contributed by atoms with van der Waals surface area (Å²) in [5, 5.41) is 0. The van der Waals surface area contributed by atoms with Crippen LogP contribution in [0.15, 0.2) is 41.6 Å². The Morgan fingerprint density at radius 1 is 1.22 bits per heavy atom. The number of hydrogen-bond donors (Lipinski definition) is 2. The zero-order valence-corrected chi connectivity index (χ0v) is 12.6. The number of sulfonamides is 1. The second kappa shape index (κ2) is 7.01. The molecular weight excluding hydrogens is 335 g/mol. The molecule has 0 aliphatic rings. The fraction of sp³-hybridized carbons (Fsp3) is 0.308. The van der Waals surface area contributed by atoms with Crippen LogP contribution in [0.2, 0.25) is 0 Å². The van der Waals surface area contributed by atoms with Gasteiger partial charge < -0.3 is 9.72 Å². The Labute approximate surface area is 130 Å². The quantitative estimate of drug-likeness (QED) is 0.751. The van der Waals surface area contributed by atoms with Crippen molar-refractivity contribution in [3.8, 4) is 5.75 Å². The van der Waals surface area contributed by atoms with Crippen LogP contribution in [0.1, 0.15) is 12.2 Å². The van der Waals surface area contributed by atoms with Crippen LogP contribution in [0.5, 0.6) is 5.75 Å². The third kappa shape index (κ3) is 5.57. The second-order valence-electron chi connectivity index (χ2n) is 4.56. The predicted octanol–water partition coefficient (Wildman–Crippen LogP) is 2.22. The number of aryl methyl sites for hydroxylation is 1. The molecule has 0 fully saturated rings. The van der Waals surface area contributed by atoms with E-state index in [2.05, 4.69) is 19.4 Å². The van der Waals surface area contributed by atoms with Crippen molar-refractivity contribution in [1.82, 2.24) is 14.7 Å². The zero-order chi connectivity index (χ0) is 16.9. The highest BCUT2D eigenvalue weighted by atomic mass is 32.2. The summed E-state index contributed by atoms with van der Waals surface area (Å²) in [6.07, 6.45) is -0.436. The first-order valence-corrected chi connectivity index (χ1v) is 8.08. The molecule has 126 valence electrons. The van der Waals surface area contributed by atoms with Gasteiger partial charge in [0.2, 0.25) is 10.0 Å². The summed E-state index contributed by atoms with van der Waals surface area (Å²) in [6, 6.07) is 4.00. The van der Waals surface area contributed by atoms with Gasteiger partial charge in [-0.15, -0.1) is 13.2 Å². The van der Waals surface area contributed by atoms with E-state index in [0.29, 0.717) is 12.8 Å². The van der Waals surface area contributed by atoms with Crippen LogP contribution < -0.4 is 9.46 Å². The van der Waals surface area contributed by atoms with Crippen LogP contribution >= 0.6 is 0 Å². The van der Waals surface area contributed by atoms with Crippen molar-refractivity contribution in [2.75, 3.05) is 6.54 Å². The molecule has 1 aromatic carbocycles. The molecule has 23 heavy (non-hydrogen) atoms. The van der Waals surface area contributed by atoms with Gasteiger partial charge in [-0.2, -0.15) is 0 Å². The molecule has 6 nitrogen and oxygen atoms in total. The minimum Gasteiger partial charge on any atom is -0.406 e. The van der Waals surface area contributed by atoms with E-state index in [0.717, 1.165) is 30.1 Å². The van der Waals surface area contributed by atoms with Gasteiger partial charge in [0.15, 0.2) is 0 Å². The SMILES string of the molecule is O=S(=O)(NCCCc1ncc[nH]1)c1ccc(OC(F)(F)F)cc1. The summed E-state index contributed by atoms with van der Waals surface area (Å²) in [6.45, 7) is 0.184. The van der Waals surface area contributed by atoms with E-state index in [9.17, 15) is 21.6 Å². The standard InChI is InChI=1S/C13H14F3N3O3S/c14-13(15,16)22-10-3-5-11(6-4-10)23(20,21)19-7-1-2-12-17-8-9-18-12/h3-6,8-9,19H,1-2,7H2,(H,17,18). The highest BCUT2D eigenvalue weighted by Gasteiger charge is 2.31. The van der Waals surface area contributed by atoms with Gasteiger partial charge in [-0.05, 0) is 30.7 Å². The lowest BCUT2D eigenvalue weighted by Crippen LogP contribution is -2.25. The number of ether oxygens (including phenoxy) is 1. The first-order chi connectivity index (χ1) is 10.8. The maximum absolute atomic E-state index is 12.0. The van der Waals surface area contributed by atoms with Crippen molar-refractivity contribution < 1.29 is 26.3 Å². The van der Waals surface area contributed by atoms with Gasteiger partial charge in [-0.1, -0.05) is 0 Å². The lowest BCUT2D eigenvalue weighted by molar-refractivity contribution is -0.274. The van der Waals surface area contributed by atoms with E-state index in [-0.39, 0.29) is 11.4 Å². The number of alkyl halides is 3. The van der Waals surface area contributed by atoms with Gasteiger partial charge in [0, 0.05) is 25.4 Å². The Morgan fingerprint density at radius 2 is 1.91 bits per heavy atom. The van der Waals surface area contributed by atoms with Gasteiger partial charge >= 0.3 is 6.36 Å². The first-order valence-electron chi connectivity index (χ1n) is 6.60. The van der Waals surface area contributed by atoms with Crippen molar-refractivity contribution >= 4 is 10.0 Å². The molecule has 1 aromatic heterocycles. The Balaban J connectivity index is 1.88. The number of halogens is 3. The molecule has 0 radical (unpaired) electrons. The number of nitrogens with zero attached hydrogens (tertiary/aromatic N) is 1. The molecular formula is C13H14F3N3O3S. The molecule has 0 atom stereocenters. The molecule has 10 heteroatoms. The van der Waals surface area contributed by atoms with Gasteiger partial charge in [0.1, 0.15) is 11.6 Å². The number of H-pyrrole nitrogens is 1. The number of aromatic amines is 1. The first kappa shape index (κ1) is 17.3. The van der Waals surface area contributed by atoms with Gasteiger partial charge in [-0.25, -0.2) is 18.1 Å². The monoisotopic (exact) mass is 349 g/mol. The summed E-state index contributed by atoms with van der Waals surface area (Å²) in [7, 11) is -3.78. The number of imidazole rings is 1. The highest BCUT2D eigenvalue weighted by molar-refractivity contribution is 7.89. The lowest BCUT2D eigenvalue weighted by Gasteiger charge is -2.10. The Bertz CT molecular complexity index is 713. The third-order valence-electron chi connectivity index (χ3n) is 2.80. The van der Waals surface area contributed by atoms with Crippen molar-refractivity contribution in [3.05, 3.63) is 42.5 Å². The van der Waals surface area contributed by atoms with Gasteiger partial charge in [-0.3, -0.25) is 0 Å². The summed E-state index contributed by atoms with van der Waals surface area (Å²) in [5.74, 6) is 0.270. The Hall–Kier alpha value is -2.07. The molecule has 2 rings (SSSR count). The van der Waals surface area contributed by atoms with E-state index in [4.69, 9.17) is 0 Å². The number of benzene rings is 1. The summed E-state index contributed by atoms with van der Waals surface area (Å²) in [4.78, 5) is 6.77. The van der Waals surface area contributed by atoms with Crippen LogP contribution in [-0.4, -0.2) is 31.3 Å². The topological polar surface area (TPSA) is 84.1 Å². The van der Waals surface area contributed by atoms with Crippen LogP contribution in [-0.2, 0) is 16.4 Å². The van der Waals surface area contributed by atoms with Gasteiger partial charge in [0.25, 0.3) is 0 Å². The van der Waals surface area contributed by atoms with Crippen LogP contribution in [0.3, 0.4) is 0 Å². The molecule has 0 aliphatic heterocycles. The molecule has 2 N–H and O–H groups in total. The number of nitrogens with one attached hydrogen (secondary N) is 2. The Morgan fingerprint density at radius 3 is 2.48 bits per heavy atom. The molecule has 2 aromatic rings. The Kier molecular flexibility index (Phi) is 5.26. The number of hydrogen-bond acceptors (Lipinski definition) is 4. The van der Waals surface area contributed by atoms with Gasteiger partial charge in [0.05, 0.1) is 4.90 Å². The van der Waals surface area contributed by atoms with Crippen molar-refractivity contribution in [1.29, 1.82) is 0 Å². The van der Waals surface area contributed by atoms with E-state index in [1.54, 1.807) is 12.4 Å². The normalized spacial score (nSPS) is 12.3. The minimum atomic E-state index is -4.81. The zero-order valence-electron chi connectivity index (χ0n) is 11.8. The van der Waals surface area contributed by atoms with E-state index in [1.165, 1.54) is 0 Å².